The molecule has 0 fully saturated rings. The molecule has 0 aromatic heterocycles. The highest BCUT2D eigenvalue weighted by Crippen LogP contribution is 2.30. The molecule has 2 aromatic rings. The molecule has 6 heteroatoms. The van der Waals surface area contributed by atoms with Crippen LogP contribution in [0.4, 0.5) is 0 Å². The molecule has 3 rings (SSSR count). The van der Waals surface area contributed by atoms with Crippen molar-refractivity contribution >= 4 is 10.0 Å². The zero-order valence-corrected chi connectivity index (χ0v) is 17.0. The number of benzene rings is 2. The second-order valence-electron chi connectivity index (χ2n) is 6.76. The lowest BCUT2D eigenvalue weighted by Gasteiger charge is -2.23. The molecule has 27 heavy (non-hydrogen) atoms. The monoisotopic (exact) mass is 389 g/mol. The predicted octanol–water partition coefficient (Wildman–Crippen LogP) is 3.79. The molecule has 0 spiro atoms. The quantitative estimate of drug-likeness (QED) is 0.723. The molecule has 0 saturated heterocycles. The van der Waals surface area contributed by atoms with E-state index in [1.807, 2.05) is 31.2 Å². The Morgan fingerprint density at radius 1 is 0.926 bits per heavy atom. The van der Waals surface area contributed by atoms with Crippen molar-refractivity contribution in [1.29, 1.82) is 0 Å². The summed E-state index contributed by atoms with van der Waals surface area (Å²) >= 11 is 0. The highest BCUT2D eigenvalue weighted by atomic mass is 32.2. The van der Waals surface area contributed by atoms with Gasteiger partial charge in [0.2, 0.25) is 10.0 Å². The molecule has 0 N–H and O–H groups in total. The molecule has 1 aliphatic rings. The number of fused-ring (bicyclic) bond motifs is 1. The molecular formula is C21H27NO4S. The van der Waals surface area contributed by atoms with E-state index in [0.717, 1.165) is 24.8 Å². The lowest BCUT2D eigenvalue weighted by atomic mass is 9.92. The predicted molar refractivity (Wildman–Crippen MR) is 106 cm³/mol. The molecule has 0 aliphatic heterocycles. The van der Waals surface area contributed by atoms with Crippen LogP contribution in [0.25, 0.3) is 0 Å². The van der Waals surface area contributed by atoms with Gasteiger partial charge in [0.1, 0.15) is 0 Å². The lowest BCUT2D eigenvalue weighted by Crippen LogP contribution is -2.30. The van der Waals surface area contributed by atoms with E-state index in [1.165, 1.54) is 21.9 Å². The standard InChI is InChI=1S/C21H27NO4S/c1-4-22(15-16-9-12-20(25-2)21(13-16)26-3)27(23,24)19-11-10-17-7-5-6-8-18(17)14-19/h9-14H,4-8,15H2,1-3H3. The molecule has 5 nitrogen and oxygen atoms in total. The Labute approximate surface area is 162 Å². The molecule has 0 atom stereocenters. The fourth-order valence-electron chi connectivity index (χ4n) is 3.57. The topological polar surface area (TPSA) is 55.8 Å². The smallest absolute Gasteiger partial charge is 0.243 e. The second kappa shape index (κ2) is 8.31. The van der Waals surface area contributed by atoms with Crippen molar-refractivity contribution < 1.29 is 17.9 Å². The van der Waals surface area contributed by atoms with E-state index in [9.17, 15) is 8.42 Å². The molecule has 0 heterocycles. The molecule has 0 bridgehead atoms. The maximum Gasteiger partial charge on any atom is 0.243 e. The summed E-state index contributed by atoms with van der Waals surface area (Å²) in [5.74, 6) is 1.22. The summed E-state index contributed by atoms with van der Waals surface area (Å²) in [6.45, 7) is 2.54. The number of hydrogen-bond acceptors (Lipinski definition) is 4. The van der Waals surface area contributed by atoms with Gasteiger partial charge in [0.25, 0.3) is 0 Å². The highest BCUT2D eigenvalue weighted by Gasteiger charge is 2.25. The van der Waals surface area contributed by atoms with Gasteiger partial charge in [-0.15, -0.1) is 0 Å². The fraction of sp³-hybridized carbons (Fsp3) is 0.429. The average molecular weight is 390 g/mol. The van der Waals surface area contributed by atoms with Crippen LogP contribution in [0, 0.1) is 0 Å². The normalized spacial score (nSPS) is 14.1. The minimum atomic E-state index is -3.56. The van der Waals surface area contributed by atoms with E-state index in [-0.39, 0.29) is 6.54 Å². The van der Waals surface area contributed by atoms with Crippen LogP contribution >= 0.6 is 0 Å². The van der Waals surface area contributed by atoms with Crippen molar-refractivity contribution in [2.45, 2.75) is 44.0 Å². The van der Waals surface area contributed by atoms with Gasteiger partial charge in [-0.1, -0.05) is 19.1 Å². The summed E-state index contributed by atoms with van der Waals surface area (Å²) in [4.78, 5) is 0.380. The van der Waals surface area contributed by atoms with E-state index < -0.39 is 10.0 Å². The van der Waals surface area contributed by atoms with Gasteiger partial charge in [-0.25, -0.2) is 8.42 Å². The van der Waals surface area contributed by atoms with Gasteiger partial charge < -0.3 is 9.47 Å². The number of sulfonamides is 1. The summed E-state index contributed by atoms with van der Waals surface area (Å²) in [6.07, 6.45) is 4.30. The Balaban J connectivity index is 1.88. The summed E-state index contributed by atoms with van der Waals surface area (Å²) in [5, 5.41) is 0. The molecule has 0 radical (unpaired) electrons. The number of nitrogens with zero attached hydrogens (tertiary/aromatic N) is 1. The summed E-state index contributed by atoms with van der Waals surface area (Å²) < 4.78 is 38.5. The molecule has 146 valence electrons. The zero-order chi connectivity index (χ0) is 19.4. The Kier molecular flexibility index (Phi) is 6.07. The van der Waals surface area contributed by atoms with E-state index in [0.29, 0.717) is 22.9 Å². The number of rotatable bonds is 7. The number of hydrogen-bond donors (Lipinski definition) is 0. The minimum Gasteiger partial charge on any atom is -0.493 e. The van der Waals surface area contributed by atoms with Crippen LogP contribution in [0.3, 0.4) is 0 Å². The Hall–Kier alpha value is -2.05. The molecule has 0 amide bonds. The number of aryl methyl sites for hydroxylation is 2. The van der Waals surface area contributed by atoms with Crippen molar-refractivity contribution in [3.63, 3.8) is 0 Å². The summed E-state index contributed by atoms with van der Waals surface area (Å²) in [6, 6.07) is 11.1. The van der Waals surface area contributed by atoms with Crippen LogP contribution in [0.2, 0.25) is 0 Å². The van der Waals surface area contributed by atoms with Crippen molar-refractivity contribution in [2.75, 3.05) is 20.8 Å². The summed E-state index contributed by atoms with van der Waals surface area (Å²) in [5.41, 5.74) is 3.31. The molecule has 1 aliphatic carbocycles. The van der Waals surface area contributed by atoms with Gasteiger partial charge in [0.15, 0.2) is 11.5 Å². The first-order valence-corrected chi connectivity index (χ1v) is 10.8. The van der Waals surface area contributed by atoms with Crippen molar-refractivity contribution in [2.24, 2.45) is 0 Å². The van der Waals surface area contributed by atoms with Gasteiger partial charge in [0, 0.05) is 13.1 Å². The molecule has 0 saturated carbocycles. The second-order valence-corrected chi connectivity index (χ2v) is 8.70. The van der Waals surface area contributed by atoms with Crippen LogP contribution in [0.5, 0.6) is 11.5 Å². The number of methoxy groups -OCH3 is 2. The van der Waals surface area contributed by atoms with Gasteiger partial charge in [-0.3, -0.25) is 0 Å². The van der Waals surface area contributed by atoms with E-state index in [4.69, 9.17) is 9.47 Å². The lowest BCUT2D eigenvalue weighted by molar-refractivity contribution is 0.353. The fourth-order valence-corrected chi connectivity index (χ4v) is 5.06. The van der Waals surface area contributed by atoms with E-state index >= 15 is 0 Å². The van der Waals surface area contributed by atoms with Crippen LogP contribution in [-0.2, 0) is 29.4 Å². The zero-order valence-electron chi connectivity index (χ0n) is 16.2. The van der Waals surface area contributed by atoms with E-state index in [2.05, 4.69) is 0 Å². The Morgan fingerprint density at radius 3 is 2.30 bits per heavy atom. The minimum absolute atomic E-state index is 0.288. The van der Waals surface area contributed by atoms with Crippen LogP contribution in [-0.4, -0.2) is 33.5 Å². The molecule has 0 unspecified atom stereocenters. The average Bonchev–Trinajstić information content (AvgIpc) is 2.71. The third-order valence-electron chi connectivity index (χ3n) is 5.12. The van der Waals surface area contributed by atoms with Gasteiger partial charge >= 0.3 is 0 Å². The van der Waals surface area contributed by atoms with Crippen LogP contribution in [0.1, 0.15) is 36.5 Å². The molecule has 2 aromatic carbocycles. The largest absolute Gasteiger partial charge is 0.493 e. The van der Waals surface area contributed by atoms with Crippen LogP contribution < -0.4 is 9.47 Å². The maximum atomic E-state index is 13.2. The van der Waals surface area contributed by atoms with E-state index in [1.54, 1.807) is 26.4 Å². The first-order chi connectivity index (χ1) is 13.0. The van der Waals surface area contributed by atoms with Crippen molar-refractivity contribution in [3.8, 4) is 11.5 Å². The van der Waals surface area contributed by atoms with Crippen molar-refractivity contribution in [3.05, 3.63) is 53.1 Å². The number of ether oxygens (including phenoxy) is 2. The van der Waals surface area contributed by atoms with Crippen LogP contribution in [0.15, 0.2) is 41.3 Å². The third-order valence-corrected chi connectivity index (χ3v) is 7.03. The van der Waals surface area contributed by atoms with Gasteiger partial charge in [0.05, 0.1) is 19.1 Å². The summed E-state index contributed by atoms with van der Waals surface area (Å²) in [7, 11) is -0.405. The highest BCUT2D eigenvalue weighted by molar-refractivity contribution is 7.89. The Morgan fingerprint density at radius 2 is 1.63 bits per heavy atom. The van der Waals surface area contributed by atoms with Crippen molar-refractivity contribution in [1.82, 2.24) is 4.31 Å². The maximum absolute atomic E-state index is 13.2. The first-order valence-electron chi connectivity index (χ1n) is 9.32. The molecular weight excluding hydrogens is 362 g/mol. The third kappa shape index (κ3) is 4.12. The first kappa shape index (κ1) is 19.7. The van der Waals surface area contributed by atoms with Gasteiger partial charge in [-0.2, -0.15) is 4.31 Å². The Bertz CT molecular complexity index is 908. The SMILES string of the molecule is CCN(Cc1ccc(OC)c(OC)c1)S(=O)(=O)c1ccc2c(c1)CCCC2. The van der Waals surface area contributed by atoms with Gasteiger partial charge in [-0.05, 0) is 66.6 Å².